The summed E-state index contributed by atoms with van der Waals surface area (Å²) >= 11 is 1.69. The first-order chi connectivity index (χ1) is 10.2. The van der Waals surface area contributed by atoms with Crippen LogP contribution in [0.3, 0.4) is 0 Å². The number of rotatable bonds is 5. The number of anilines is 1. The van der Waals surface area contributed by atoms with Crippen molar-refractivity contribution in [3.63, 3.8) is 0 Å². The van der Waals surface area contributed by atoms with E-state index in [0.29, 0.717) is 0 Å². The lowest BCUT2D eigenvalue weighted by Crippen LogP contribution is -2.46. The summed E-state index contributed by atoms with van der Waals surface area (Å²) < 4.78 is 8.06. The van der Waals surface area contributed by atoms with Gasteiger partial charge >= 0.3 is 0 Å². The van der Waals surface area contributed by atoms with E-state index < -0.39 is 0 Å². The second-order valence-corrected chi connectivity index (χ2v) is 6.65. The van der Waals surface area contributed by atoms with Crippen LogP contribution >= 0.6 is 11.3 Å². The summed E-state index contributed by atoms with van der Waals surface area (Å²) in [5.41, 5.74) is 1.26. The van der Waals surface area contributed by atoms with E-state index in [1.807, 2.05) is 0 Å². The normalized spacial score (nSPS) is 23.1. The summed E-state index contributed by atoms with van der Waals surface area (Å²) in [5, 5.41) is 5.60. The van der Waals surface area contributed by atoms with Gasteiger partial charge in [-0.1, -0.05) is 6.92 Å². The summed E-state index contributed by atoms with van der Waals surface area (Å²) in [6.45, 7) is 10.2. The second-order valence-electron chi connectivity index (χ2n) is 5.78. The van der Waals surface area contributed by atoms with E-state index in [9.17, 15) is 0 Å². The van der Waals surface area contributed by atoms with Crippen molar-refractivity contribution >= 4 is 22.1 Å². The molecule has 1 aliphatic rings. The Morgan fingerprint density at radius 3 is 2.86 bits per heavy atom. The lowest BCUT2D eigenvalue weighted by atomic mass is 10.2. The summed E-state index contributed by atoms with van der Waals surface area (Å²) in [6, 6.07) is 0. The van der Waals surface area contributed by atoms with Crippen molar-refractivity contribution in [1.29, 1.82) is 0 Å². The molecule has 6 heteroatoms. The Morgan fingerprint density at radius 2 is 2.14 bits per heavy atom. The zero-order chi connectivity index (χ0) is 14.8. The maximum atomic E-state index is 5.84. The Hall–Kier alpha value is -1.11. The fourth-order valence-corrected chi connectivity index (χ4v) is 3.70. The molecular formula is C15H24N4OS. The molecule has 2 aromatic rings. The molecular weight excluding hydrogens is 284 g/mol. The first-order valence-corrected chi connectivity index (χ1v) is 8.62. The SMILES string of the molecule is CCCNCc1c(N2CC(C)OC(C)C2)nc2sccn12. The lowest BCUT2D eigenvalue weighted by molar-refractivity contribution is -0.00548. The molecule has 1 aliphatic heterocycles. The number of nitrogens with zero attached hydrogens (tertiary/aromatic N) is 3. The van der Waals surface area contributed by atoms with Crippen LogP contribution in [0.15, 0.2) is 11.6 Å². The Morgan fingerprint density at radius 1 is 1.38 bits per heavy atom. The third kappa shape index (κ3) is 3.07. The third-order valence-corrected chi connectivity index (χ3v) is 4.53. The lowest BCUT2D eigenvalue weighted by Gasteiger charge is -2.36. The van der Waals surface area contributed by atoms with E-state index in [0.717, 1.165) is 43.4 Å². The molecule has 21 heavy (non-hydrogen) atoms. The summed E-state index contributed by atoms with van der Waals surface area (Å²) in [5.74, 6) is 1.12. The van der Waals surface area contributed by atoms with E-state index in [1.165, 1.54) is 5.69 Å². The van der Waals surface area contributed by atoms with E-state index in [1.54, 1.807) is 11.3 Å². The van der Waals surface area contributed by atoms with Gasteiger partial charge in [0.15, 0.2) is 10.8 Å². The Balaban J connectivity index is 1.89. The molecule has 0 aliphatic carbocycles. The van der Waals surface area contributed by atoms with Crippen LogP contribution in [0.25, 0.3) is 4.96 Å². The van der Waals surface area contributed by atoms with Crippen LogP contribution in [0.1, 0.15) is 32.9 Å². The predicted octanol–water partition coefficient (Wildman–Crippen LogP) is 2.51. The standard InChI is InChI=1S/C15H24N4OS/c1-4-5-16-8-13-14(17-15-19(13)6-7-21-15)18-9-11(2)20-12(3)10-18/h6-7,11-12,16H,4-5,8-10H2,1-3H3. The topological polar surface area (TPSA) is 41.8 Å². The Kier molecular flexibility index (Phi) is 4.47. The molecule has 0 bridgehead atoms. The van der Waals surface area contributed by atoms with Gasteiger partial charge in [0, 0.05) is 31.2 Å². The monoisotopic (exact) mass is 308 g/mol. The smallest absolute Gasteiger partial charge is 0.195 e. The number of morpholine rings is 1. The van der Waals surface area contributed by atoms with E-state index >= 15 is 0 Å². The number of fused-ring (bicyclic) bond motifs is 1. The number of hydrogen-bond acceptors (Lipinski definition) is 5. The predicted molar refractivity (Wildman–Crippen MR) is 87.3 cm³/mol. The van der Waals surface area contributed by atoms with Crippen molar-refractivity contribution in [3.05, 3.63) is 17.3 Å². The molecule has 0 aromatic carbocycles. The maximum Gasteiger partial charge on any atom is 0.195 e. The molecule has 116 valence electrons. The highest BCUT2D eigenvalue weighted by atomic mass is 32.1. The first kappa shape index (κ1) is 14.8. The highest BCUT2D eigenvalue weighted by molar-refractivity contribution is 7.15. The fraction of sp³-hybridized carbons (Fsp3) is 0.667. The van der Waals surface area contributed by atoms with Crippen LogP contribution in [0.2, 0.25) is 0 Å². The summed E-state index contributed by atoms with van der Waals surface area (Å²) in [6.07, 6.45) is 3.77. The minimum Gasteiger partial charge on any atom is -0.372 e. The van der Waals surface area contributed by atoms with Gasteiger partial charge in [-0.15, -0.1) is 11.3 Å². The molecule has 5 nitrogen and oxygen atoms in total. The molecule has 0 spiro atoms. The average Bonchev–Trinajstić information content (AvgIpc) is 3.00. The van der Waals surface area contributed by atoms with E-state index in [-0.39, 0.29) is 12.2 Å². The molecule has 0 saturated carbocycles. The van der Waals surface area contributed by atoms with Gasteiger partial charge in [0.1, 0.15) is 0 Å². The minimum atomic E-state index is 0.255. The molecule has 2 unspecified atom stereocenters. The van der Waals surface area contributed by atoms with Crippen molar-refractivity contribution in [2.24, 2.45) is 0 Å². The van der Waals surface area contributed by atoms with Crippen LogP contribution in [0.5, 0.6) is 0 Å². The molecule has 1 saturated heterocycles. The van der Waals surface area contributed by atoms with Crippen LogP contribution in [-0.2, 0) is 11.3 Å². The summed E-state index contributed by atoms with van der Waals surface area (Å²) in [4.78, 5) is 8.31. The number of imidazole rings is 1. The Bertz CT molecular complexity index is 584. The van der Waals surface area contributed by atoms with Crippen LogP contribution < -0.4 is 10.2 Å². The maximum absolute atomic E-state index is 5.84. The van der Waals surface area contributed by atoms with Crippen LogP contribution in [0, 0.1) is 0 Å². The fourth-order valence-electron chi connectivity index (χ4n) is 2.97. The van der Waals surface area contributed by atoms with Crippen molar-refractivity contribution in [2.45, 2.75) is 45.9 Å². The molecule has 3 rings (SSSR count). The van der Waals surface area contributed by atoms with E-state index in [4.69, 9.17) is 9.72 Å². The van der Waals surface area contributed by atoms with Gasteiger partial charge in [-0.25, -0.2) is 4.98 Å². The van der Waals surface area contributed by atoms with Crippen molar-refractivity contribution in [1.82, 2.24) is 14.7 Å². The molecule has 1 N–H and O–H groups in total. The van der Waals surface area contributed by atoms with Crippen molar-refractivity contribution in [2.75, 3.05) is 24.5 Å². The number of aromatic nitrogens is 2. The van der Waals surface area contributed by atoms with Gasteiger partial charge in [-0.3, -0.25) is 4.40 Å². The molecule has 2 atom stereocenters. The largest absolute Gasteiger partial charge is 0.372 e. The number of ether oxygens (including phenoxy) is 1. The van der Waals surface area contributed by atoms with Gasteiger partial charge in [-0.2, -0.15) is 0 Å². The minimum absolute atomic E-state index is 0.255. The number of thiazole rings is 1. The van der Waals surface area contributed by atoms with Gasteiger partial charge in [0.2, 0.25) is 0 Å². The van der Waals surface area contributed by atoms with Gasteiger partial charge in [-0.05, 0) is 26.8 Å². The van der Waals surface area contributed by atoms with Crippen LogP contribution in [0.4, 0.5) is 5.82 Å². The quantitative estimate of drug-likeness (QED) is 0.862. The highest BCUT2D eigenvalue weighted by Crippen LogP contribution is 2.27. The van der Waals surface area contributed by atoms with Crippen molar-refractivity contribution < 1.29 is 4.74 Å². The van der Waals surface area contributed by atoms with E-state index in [2.05, 4.69) is 47.0 Å². The molecule has 0 amide bonds. The van der Waals surface area contributed by atoms with Gasteiger partial charge in [0.25, 0.3) is 0 Å². The third-order valence-electron chi connectivity index (χ3n) is 3.78. The summed E-state index contributed by atoms with van der Waals surface area (Å²) in [7, 11) is 0. The van der Waals surface area contributed by atoms with Crippen LogP contribution in [-0.4, -0.2) is 41.2 Å². The number of nitrogens with one attached hydrogen (secondary N) is 1. The molecule has 1 fully saturated rings. The zero-order valence-corrected chi connectivity index (χ0v) is 13.8. The average molecular weight is 308 g/mol. The number of hydrogen-bond donors (Lipinski definition) is 1. The second kappa shape index (κ2) is 6.34. The highest BCUT2D eigenvalue weighted by Gasteiger charge is 2.26. The Labute approximate surface area is 129 Å². The molecule has 2 aromatic heterocycles. The molecule has 3 heterocycles. The zero-order valence-electron chi connectivity index (χ0n) is 13.0. The first-order valence-electron chi connectivity index (χ1n) is 7.74. The van der Waals surface area contributed by atoms with Crippen molar-refractivity contribution in [3.8, 4) is 0 Å². The van der Waals surface area contributed by atoms with Gasteiger partial charge in [0.05, 0.1) is 17.9 Å². The molecule has 0 radical (unpaired) electrons. The van der Waals surface area contributed by atoms with Gasteiger partial charge < -0.3 is 15.0 Å².